The SMILES string of the molecule is COc1ccc(NC(=O)C[NH+](C)[C@H](C)C(=O)N[C@H]2CCC[C@@H](C)[C@H]2C)cc1. The molecule has 0 heterocycles. The first-order chi connectivity index (χ1) is 12.8. The summed E-state index contributed by atoms with van der Waals surface area (Å²) in [5.74, 6) is 1.79. The zero-order chi connectivity index (χ0) is 20.0. The van der Waals surface area contributed by atoms with Crippen molar-refractivity contribution in [2.24, 2.45) is 11.8 Å². The summed E-state index contributed by atoms with van der Waals surface area (Å²) < 4.78 is 5.11. The zero-order valence-electron chi connectivity index (χ0n) is 17.2. The van der Waals surface area contributed by atoms with Crippen LogP contribution in [-0.2, 0) is 9.59 Å². The standard InChI is InChI=1S/C21H33N3O3/c1-14-7-6-8-19(15(14)2)23-21(26)16(3)24(4)13-20(25)22-17-9-11-18(27-5)12-10-17/h9-12,14-16,19H,6-8,13H2,1-5H3,(H,22,25)(H,23,26)/p+1/t14-,15-,16-,19+/m1/s1. The highest BCUT2D eigenvalue weighted by Crippen LogP contribution is 2.29. The number of amides is 2. The van der Waals surface area contributed by atoms with Gasteiger partial charge in [0.25, 0.3) is 11.8 Å². The molecule has 1 aromatic rings. The molecule has 0 radical (unpaired) electrons. The van der Waals surface area contributed by atoms with Crippen LogP contribution in [0.2, 0.25) is 0 Å². The van der Waals surface area contributed by atoms with E-state index in [0.29, 0.717) is 11.8 Å². The minimum atomic E-state index is -0.281. The van der Waals surface area contributed by atoms with Gasteiger partial charge in [-0.1, -0.05) is 26.7 Å². The van der Waals surface area contributed by atoms with E-state index in [1.165, 1.54) is 6.42 Å². The van der Waals surface area contributed by atoms with E-state index in [2.05, 4.69) is 24.5 Å². The van der Waals surface area contributed by atoms with Crippen LogP contribution in [-0.4, -0.2) is 44.6 Å². The molecule has 6 nitrogen and oxygen atoms in total. The maximum atomic E-state index is 12.6. The van der Waals surface area contributed by atoms with Crippen molar-refractivity contribution in [1.29, 1.82) is 0 Å². The van der Waals surface area contributed by atoms with Crippen molar-refractivity contribution < 1.29 is 19.2 Å². The number of hydrogen-bond acceptors (Lipinski definition) is 3. The third-order valence-electron chi connectivity index (χ3n) is 5.98. The summed E-state index contributed by atoms with van der Waals surface area (Å²) in [5.41, 5.74) is 0.718. The number of carbonyl (C=O) groups excluding carboxylic acids is 2. The molecule has 2 amide bonds. The van der Waals surface area contributed by atoms with E-state index in [4.69, 9.17) is 4.74 Å². The molecule has 1 unspecified atom stereocenters. The van der Waals surface area contributed by atoms with Gasteiger partial charge in [-0.3, -0.25) is 9.59 Å². The molecule has 150 valence electrons. The molecule has 1 saturated carbocycles. The van der Waals surface area contributed by atoms with Gasteiger partial charge in [-0.15, -0.1) is 0 Å². The van der Waals surface area contributed by atoms with Crippen molar-refractivity contribution in [3.63, 3.8) is 0 Å². The second-order valence-corrected chi connectivity index (χ2v) is 7.90. The van der Waals surface area contributed by atoms with E-state index < -0.39 is 0 Å². The average molecular weight is 377 g/mol. The smallest absolute Gasteiger partial charge is 0.279 e. The second kappa shape index (κ2) is 9.74. The van der Waals surface area contributed by atoms with Crippen molar-refractivity contribution in [2.75, 3.05) is 26.0 Å². The van der Waals surface area contributed by atoms with Crippen LogP contribution in [0.15, 0.2) is 24.3 Å². The Morgan fingerprint density at radius 2 is 1.89 bits per heavy atom. The van der Waals surface area contributed by atoms with Crippen molar-refractivity contribution in [3.05, 3.63) is 24.3 Å². The normalized spacial score (nSPS) is 24.6. The number of hydrogen-bond donors (Lipinski definition) is 3. The van der Waals surface area contributed by atoms with Crippen LogP contribution in [0.25, 0.3) is 0 Å². The fraction of sp³-hybridized carbons (Fsp3) is 0.619. The highest BCUT2D eigenvalue weighted by atomic mass is 16.5. The molecule has 27 heavy (non-hydrogen) atoms. The molecule has 0 spiro atoms. The lowest BCUT2D eigenvalue weighted by atomic mass is 9.78. The van der Waals surface area contributed by atoms with Crippen LogP contribution in [0.5, 0.6) is 5.75 Å². The van der Waals surface area contributed by atoms with Gasteiger partial charge in [-0.2, -0.15) is 0 Å². The Hall–Kier alpha value is -2.08. The van der Waals surface area contributed by atoms with E-state index in [0.717, 1.165) is 29.2 Å². The molecule has 6 heteroatoms. The molecule has 0 saturated heterocycles. The number of carbonyl (C=O) groups is 2. The molecule has 2 rings (SSSR count). The van der Waals surface area contributed by atoms with Crippen LogP contribution in [0.1, 0.15) is 40.0 Å². The van der Waals surface area contributed by atoms with Crippen LogP contribution >= 0.6 is 0 Å². The molecule has 1 aromatic carbocycles. The van der Waals surface area contributed by atoms with Crippen molar-refractivity contribution in [2.45, 2.75) is 52.1 Å². The number of quaternary nitrogens is 1. The van der Waals surface area contributed by atoms with E-state index in [1.54, 1.807) is 31.4 Å². The molecule has 0 aliphatic heterocycles. The molecule has 1 aliphatic rings. The van der Waals surface area contributed by atoms with Crippen LogP contribution in [0.3, 0.4) is 0 Å². The molecular weight excluding hydrogens is 342 g/mol. The fourth-order valence-corrected chi connectivity index (χ4v) is 3.60. The molecule has 0 bridgehead atoms. The Labute approximate surface area is 162 Å². The topological polar surface area (TPSA) is 71.9 Å². The van der Waals surface area contributed by atoms with E-state index in [1.807, 2.05) is 14.0 Å². The van der Waals surface area contributed by atoms with Gasteiger partial charge in [0.1, 0.15) is 5.75 Å². The summed E-state index contributed by atoms with van der Waals surface area (Å²) in [6.07, 6.45) is 3.44. The highest BCUT2D eigenvalue weighted by Gasteiger charge is 2.31. The summed E-state index contributed by atoms with van der Waals surface area (Å²) in [6, 6.07) is 7.16. The summed E-state index contributed by atoms with van der Waals surface area (Å²) in [7, 11) is 3.48. The monoisotopic (exact) mass is 376 g/mol. The number of anilines is 1. The Morgan fingerprint density at radius 1 is 1.22 bits per heavy atom. The zero-order valence-corrected chi connectivity index (χ0v) is 17.2. The van der Waals surface area contributed by atoms with Gasteiger partial charge in [0.2, 0.25) is 0 Å². The first-order valence-corrected chi connectivity index (χ1v) is 9.88. The van der Waals surface area contributed by atoms with Gasteiger partial charge in [-0.05, 0) is 49.4 Å². The van der Waals surface area contributed by atoms with Gasteiger partial charge in [0.05, 0.1) is 14.2 Å². The van der Waals surface area contributed by atoms with Crippen molar-refractivity contribution in [3.8, 4) is 5.75 Å². The lowest BCUT2D eigenvalue weighted by molar-refractivity contribution is -0.885. The number of benzene rings is 1. The lowest BCUT2D eigenvalue weighted by Crippen LogP contribution is -3.15. The van der Waals surface area contributed by atoms with Crippen LogP contribution in [0.4, 0.5) is 5.69 Å². The number of rotatable bonds is 7. The van der Waals surface area contributed by atoms with Crippen molar-refractivity contribution >= 4 is 17.5 Å². The minimum Gasteiger partial charge on any atom is -0.497 e. The Balaban J connectivity index is 1.83. The summed E-state index contributed by atoms with van der Waals surface area (Å²) in [5, 5.41) is 6.08. The number of nitrogens with one attached hydrogen (secondary N) is 3. The maximum Gasteiger partial charge on any atom is 0.279 e. The number of likely N-dealkylation sites (N-methyl/N-ethyl adjacent to an activating group) is 1. The van der Waals surface area contributed by atoms with Gasteiger partial charge in [0, 0.05) is 11.7 Å². The average Bonchev–Trinajstić information content (AvgIpc) is 2.65. The molecule has 1 fully saturated rings. The van der Waals surface area contributed by atoms with Crippen molar-refractivity contribution in [1.82, 2.24) is 5.32 Å². The molecule has 0 aromatic heterocycles. The quantitative estimate of drug-likeness (QED) is 0.675. The number of ether oxygens (including phenoxy) is 1. The summed E-state index contributed by atoms with van der Waals surface area (Å²) in [6.45, 7) is 6.59. The van der Waals surface area contributed by atoms with Crippen LogP contribution in [0, 0.1) is 11.8 Å². The second-order valence-electron chi connectivity index (χ2n) is 7.90. The highest BCUT2D eigenvalue weighted by molar-refractivity contribution is 5.91. The predicted octanol–water partition coefficient (Wildman–Crippen LogP) is 1.48. The maximum absolute atomic E-state index is 12.6. The van der Waals surface area contributed by atoms with E-state index in [9.17, 15) is 9.59 Å². The first-order valence-electron chi connectivity index (χ1n) is 9.88. The Morgan fingerprint density at radius 3 is 2.52 bits per heavy atom. The fourth-order valence-electron chi connectivity index (χ4n) is 3.60. The molecule has 1 aliphatic carbocycles. The number of methoxy groups -OCH3 is 1. The summed E-state index contributed by atoms with van der Waals surface area (Å²) >= 11 is 0. The van der Waals surface area contributed by atoms with Gasteiger partial charge < -0.3 is 20.3 Å². The first kappa shape index (κ1) is 21.2. The molecule has 3 N–H and O–H groups in total. The van der Waals surface area contributed by atoms with Crippen LogP contribution < -0.4 is 20.3 Å². The largest absolute Gasteiger partial charge is 0.497 e. The van der Waals surface area contributed by atoms with E-state index in [-0.39, 0.29) is 30.4 Å². The predicted molar refractivity (Wildman–Crippen MR) is 107 cm³/mol. The third-order valence-corrected chi connectivity index (χ3v) is 5.98. The lowest BCUT2D eigenvalue weighted by Gasteiger charge is -2.35. The minimum absolute atomic E-state index is 0.0238. The van der Waals surface area contributed by atoms with Gasteiger partial charge in [0.15, 0.2) is 12.6 Å². The molecular formula is C21H34N3O3+. The van der Waals surface area contributed by atoms with Gasteiger partial charge in [-0.25, -0.2) is 0 Å². The summed E-state index contributed by atoms with van der Waals surface area (Å²) in [4.78, 5) is 25.8. The van der Waals surface area contributed by atoms with Gasteiger partial charge >= 0.3 is 0 Å². The Bertz CT molecular complexity index is 632. The third kappa shape index (κ3) is 5.96. The van der Waals surface area contributed by atoms with E-state index >= 15 is 0 Å². The molecule has 5 atom stereocenters. The Kier molecular flexibility index (Phi) is 7.66.